The van der Waals surface area contributed by atoms with E-state index in [1.54, 1.807) is 29.2 Å². The van der Waals surface area contributed by atoms with Gasteiger partial charge in [0.15, 0.2) is 0 Å². The van der Waals surface area contributed by atoms with Crippen LogP contribution < -0.4 is 10.2 Å². The van der Waals surface area contributed by atoms with Gasteiger partial charge in [-0.05, 0) is 54.8 Å². The Bertz CT molecular complexity index is 829. The lowest BCUT2D eigenvalue weighted by Gasteiger charge is -2.17. The Kier molecular flexibility index (Phi) is 4.32. The van der Waals surface area contributed by atoms with E-state index in [1.807, 2.05) is 24.3 Å². The zero-order valence-corrected chi connectivity index (χ0v) is 15.0. The molecule has 26 heavy (non-hydrogen) atoms. The monoisotopic (exact) mass is 370 g/mol. The molecule has 134 valence electrons. The van der Waals surface area contributed by atoms with E-state index in [0.29, 0.717) is 25.3 Å². The molecule has 1 saturated heterocycles. The summed E-state index contributed by atoms with van der Waals surface area (Å²) in [7, 11) is 0. The van der Waals surface area contributed by atoms with E-state index < -0.39 is 0 Å². The number of rotatable bonds is 5. The van der Waals surface area contributed by atoms with Crippen molar-refractivity contribution in [2.24, 2.45) is 0 Å². The minimum Gasteiger partial charge on any atom is -0.447 e. The van der Waals surface area contributed by atoms with Crippen LogP contribution in [0.5, 0.6) is 0 Å². The van der Waals surface area contributed by atoms with Gasteiger partial charge >= 0.3 is 6.09 Å². The average molecular weight is 371 g/mol. The Balaban J connectivity index is 1.39. The Labute approximate surface area is 156 Å². The van der Waals surface area contributed by atoms with Crippen LogP contribution in [0.4, 0.5) is 10.5 Å². The molecule has 2 aromatic carbocycles. The third-order valence-electron chi connectivity index (χ3n) is 5.10. The maximum Gasteiger partial charge on any atom is 0.414 e. The number of carbonyl (C=O) groups excluding carboxylic acids is 2. The van der Waals surface area contributed by atoms with Crippen LogP contribution in [0, 0.1) is 0 Å². The summed E-state index contributed by atoms with van der Waals surface area (Å²) < 4.78 is 4.93. The summed E-state index contributed by atoms with van der Waals surface area (Å²) in [6.45, 7) is 1.54. The number of hydrogen-bond acceptors (Lipinski definition) is 3. The molecule has 4 rings (SSSR count). The summed E-state index contributed by atoms with van der Waals surface area (Å²) in [4.78, 5) is 25.6. The topological polar surface area (TPSA) is 58.6 Å². The van der Waals surface area contributed by atoms with Crippen molar-refractivity contribution in [2.75, 3.05) is 24.6 Å². The highest BCUT2D eigenvalue weighted by molar-refractivity contribution is 6.30. The van der Waals surface area contributed by atoms with Gasteiger partial charge in [0.25, 0.3) is 5.91 Å². The first-order valence-electron chi connectivity index (χ1n) is 8.66. The van der Waals surface area contributed by atoms with Gasteiger partial charge in [-0.1, -0.05) is 23.7 Å². The SMILES string of the molecule is O=C(NCC1(c2ccc(Cl)cc2)CC1)c1ccc(N2CCOC2=O)cc1. The number of anilines is 1. The molecule has 2 aromatic rings. The summed E-state index contributed by atoms with van der Waals surface area (Å²) in [6.07, 6.45) is 1.77. The van der Waals surface area contributed by atoms with Crippen LogP contribution in [0.15, 0.2) is 48.5 Å². The molecule has 1 aliphatic carbocycles. The number of benzene rings is 2. The molecule has 2 fully saturated rings. The first-order valence-corrected chi connectivity index (χ1v) is 9.04. The summed E-state index contributed by atoms with van der Waals surface area (Å²) in [5.74, 6) is -0.110. The normalized spacial score (nSPS) is 17.7. The highest BCUT2D eigenvalue weighted by Crippen LogP contribution is 2.47. The quantitative estimate of drug-likeness (QED) is 0.871. The summed E-state index contributed by atoms with van der Waals surface area (Å²) >= 11 is 5.96. The number of nitrogens with one attached hydrogen (secondary N) is 1. The number of hydrogen-bond donors (Lipinski definition) is 1. The van der Waals surface area contributed by atoms with Crippen LogP contribution in [0.1, 0.15) is 28.8 Å². The predicted molar refractivity (Wildman–Crippen MR) is 99.8 cm³/mol. The molecule has 0 spiro atoms. The van der Waals surface area contributed by atoms with E-state index in [9.17, 15) is 9.59 Å². The molecule has 0 radical (unpaired) electrons. The van der Waals surface area contributed by atoms with E-state index in [4.69, 9.17) is 16.3 Å². The Hall–Kier alpha value is -2.53. The Morgan fingerprint density at radius 2 is 1.81 bits per heavy atom. The fourth-order valence-corrected chi connectivity index (χ4v) is 3.42. The van der Waals surface area contributed by atoms with Gasteiger partial charge in [-0.15, -0.1) is 0 Å². The minimum atomic E-state index is -0.346. The molecule has 0 unspecified atom stereocenters. The Morgan fingerprint density at radius 1 is 1.12 bits per heavy atom. The number of ether oxygens (including phenoxy) is 1. The van der Waals surface area contributed by atoms with Gasteiger partial charge in [-0.25, -0.2) is 4.79 Å². The molecule has 0 atom stereocenters. The zero-order chi connectivity index (χ0) is 18.1. The third-order valence-corrected chi connectivity index (χ3v) is 5.35. The first kappa shape index (κ1) is 16.9. The van der Waals surface area contributed by atoms with Crippen LogP contribution in [0.2, 0.25) is 5.02 Å². The average Bonchev–Trinajstić information content (AvgIpc) is 3.33. The lowest BCUT2D eigenvalue weighted by atomic mass is 9.96. The van der Waals surface area contributed by atoms with E-state index >= 15 is 0 Å². The molecule has 5 nitrogen and oxygen atoms in total. The number of halogens is 1. The van der Waals surface area contributed by atoms with Gasteiger partial charge in [0.05, 0.1) is 6.54 Å². The van der Waals surface area contributed by atoms with E-state index in [1.165, 1.54) is 5.56 Å². The van der Waals surface area contributed by atoms with Crippen molar-refractivity contribution in [3.63, 3.8) is 0 Å². The van der Waals surface area contributed by atoms with Crippen LogP contribution in [-0.2, 0) is 10.2 Å². The van der Waals surface area contributed by atoms with Gasteiger partial charge in [-0.2, -0.15) is 0 Å². The fourth-order valence-electron chi connectivity index (χ4n) is 3.29. The van der Waals surface area contributed by atoms with Crippen molar-refractivity contribution < 1.29 is 14.3 Å². The molecule has 0 aromatic heterocycles. The summed E-state index contributed by atoms with van der Waals surface area (Å²) in [6, 6.07) is 14.9. The van der Waals surface area contributed by atoms with Crippen LogP contribution in [0.25, 0.3) is 0 Å². The van der Waals surface area contributed by atoms with Crippen molar-refractivity contribution in [3.8, 4) is 0 Å². The van der Waals surface area contributed by atoms with Gasteiger partial charge in [0.1, 0.15) is 6.61 Å². The number of nitrogens with zero attached hydrogens (tertiary/aromatic N) is 1. The molecule has 1 heterocycles. The molecular formula is C20H19ClN2O3. The molecule has 1 saturated carbocycles. The fraction of sp³-hybridized carbons (Fsp3) is 0.300. The van der Waals surface area contributed by atoms with Crippen molar-refractivity contribution in [1.82, 2.24) is 5.32 Å². The zero-order valence-electron chi connectivity index (χ0n) is 14.2. The minimum absolute atomic E-state index is 0.0273. The van der Waals surface area contributed by atoms with Gasteiger partial charge in [-0.3, -0.25) is 9.69 Å². The highest BCUT2D eigenvalue weighted by Gasteiger charge is 2.44. The lowest BCUT2D eigenvalue weighted by molar-refractivity contribution is 0.0949. The smallest absolute Gasteiger partial charge is 0.414 e. The molecule has 6 heteroatoms. The number of carbonyl (C=O) groups is 2. The summed E-state index contributed by atoms with van der Waals surface area (Å²) in [5.41, 5.74) is 2.56. The third kappa shape index (κ3) is 3.27. The second kappa shape index (κ2) is 6.65. The van der Waals surface area contributed by atoms with E-state index in [2.05, 4.69) is 5.32 Å². The second-order valence-electron chi connectivity index (χ2n) is 6.78. The number of amides is 2. The van der Waals surface area contributed by atoms with Gasteiger partial charge in [0, 0.05) is 28.2 Å². The molecular weight excluding hydrogens is 352 g/mol. The highest BCUT2D eigenvalue weighted by atomic mass is 35.5. The van der Waals surface area contributed by atoms with Crippen molar-refractivity contribution in [3.05, 3.63) is 64.7 Å². The molecule has 1 aliphatic heterocycles. The maximum atomic E-state index is 12.5. The Morgan fingerprint density at radius 3 is 2.38 bits per heavy atom. The lowest BCUT2D eigenvalue weighted by Crippen LogP contribution is -2.32. The largest absolute Gasteiger partial charge is 0.447 e. The molecule has 2 aliphatic rings. The first-order chi connectivity index (χ1) is 12.6. The van der Waals surface area contributed by atoms with E-state index in [0.717, 1.165) is 23.6 Å². The molecule has 1 N–H and O–H groups in total. The van der Waals surface area contributed by atoms with Gasteiger partial charge in [0.2, 0.25) is 0 Å². The van der Waals surface area contributed by atoms with Crippen molar-refractivity contribution in [1.29, 1.82) is 0 Å². The van der Waals surface area contributed by atoms with Crippen molar-refractivity contribution >= 4 is 29.3 Å². The summed E-state index contributed by atoms with van der Waals surface area (Å²) in [5, 5.41) is 3.75. The molecule has 0 bridgehead atoms. The standard InChI is InChI=1S/C20H19ClN2O3/c21-16-5-3-15(4-6-16)20(9-10-20)13-22-18(24)14-1-7-17(8-2-14)23-11-12-26-19(23)25/h1-8H,9-13H2,(H,22,24). The predicted octanol–water partition coefficient (Wildman–Crippen LogP) is 3.76. The van der Waals surface area contributed by atoms with Crippen LogP contribution >= 0.6 is 11.6 Å². The van der Waals surface area contributed by atoms with Crippen LogP contribution in [-0.4, -0.2) is 31.7 Å². The second-order valence-corrected chi connectivity index (χ2v) is 7.22. The number of cyclic esters (lactones) is 1. The van der Waals surface area contributed by atoms with Crippen molar-refractivity contribution in [2.45, 2.75) is 18.3 Å². The van der Waals surface area contributed by atoms with Gasteiger partial charge < -0.3 is 10.1 Å². The van der Waals surface area contributed by atoms with Crippen LogP contribution in [0.3, 0.4) is 0 Å². The molecule has 2 amide bonds. The maximum absolute atomic E-state index is 12.5. The van der Waals surface area contributed by atoms with E-state index in [-0.39, 0.29) is 17.4 Å².